The zero-order valence-corrected chi connectivity index (χ0v) is 12.4. The second kappa shape index (κ2) is 6.41. The Morgan fingerprint density at radius 2 is 2.00 bits per heavy atom. The van der Waals surface area contributed by atoms with E-state index < -0.39 is 0 Å². The van der Waals surface area contributed by atoms with Crippen molar-refractivity contribution in [3.63, 3.8) is 0 Å². The summed E-state index contributed by atoms with van der Waals surface area (Å²) in [5.41, 5.74) is 1.82. The van der Waals surface area contributed by atoms with Gasteiger partial charge in [0, 0.05) is 24.7 Å². The Bertz CT molecular complexity index is 651. The van der Waals surface area contributed by atoms with Gasteiger partial charge in [-0.1, -0.05) is 23.7 Å². The van der Waals surface area contributed by atoms with Crippen LogP contribution in [0.15, 0.2) is 30.3 Å². The monoisotopic (exact) mass is 306 g/mol. The van der Waals surface area contributed by atoms with Gasteiger partial charge < -0.3 is 10.2 Å². The summed E-state index contributed by atoms with van der Waals surface area (Å²) in [7, 11) is 3.08. The number of aromatic amines is 1. The Morgan fingerprint density at radius 1 is 1.33 bits per heavy atom. The van der Waals surface area contributed by atoms with Gasteiger partial charge in [-0.25, -0.2) is 0 Å². The van der Waals surface area contributed by atoms with Crippen LogP contribution in [0.4, 0.5) is 0 Å². The number of amides is 2. The fourth-order valence-corrected chi connectivity index (χ4v) is 1.90. The second-order valence-electron chi connectivity index (χ2n) is 4.51. The number of nitrogens with one attached hydrogen (secondary N) is 2. The highest BCUT2D eigenvalue weighted by Gasteiger charge is 2.17. The Labute approximate surface area is 127 Å². The van der Waals surface area contributed by atoms with Gasteiger partial charge in [0.1, 0.15) is 5.69 Å². The summed E-state index contributed by atoms with van der Waals surface area (Å²) in [5.74, 6) is -0.533. The number of hydrogen-bond acceptors (Lipinski definition) is 3. The lowest BCUT2D eigenvalue weighted by molar-refractivity contribution is -0.121. The van der Waals surface area contributed by atoms with Crippen LogP contribution >= 0.6 is 11.6 Å². The molecule has 0 saturated heterocycles. The van der Waals surface area contributed by atoms with Gasteiger partial charge in [-0.3, -0.25) is 14.7 Å². The van der Waals surface area contributed by atoms with Gasteiger partial charge in [-0.15, -0.1) is 0 Å². The number of carbonyl (C=O) groups is 2. The number of likely N-dealkylation sites (N-methyl/N-ethyl adjacent to an activating group) is 2. The zero-order valence-electron chi connectivity index (χ0n) is 11.7. The predicted octanol–water partition coefficient (Wildman–Crippen LogP) is 1.55. The maximum atomic E-state index is 12.1. The average Bonchev–Trinajstić information content (AvgIpc) is 2.96. The molecular weight excluding hydrogens is 292 g/mol. The standard InChI is InChI=1S/C14H15ClN4O2/c1-16-13(20)8-19(2)14(21)12-7-11(17-18-12)9-3-5-10(15)6-4-9/h3-7H,8H2,1-2H3,(H,16,20)(H,17,18). The summed E-state index contributed by atoms with van der Waals surface area (Å²) in [5, 5.41) is 9.89. The molecule has 0 bridgehead atoms. The van der Waals surface area contributed by atoms with E-state index in [0.717, 1.165) is 5.56 Å². The van der Waals surface area contributed by atoms with Crippen LogP contribution in [0.2, 0.25) is 5.02 Å². The molecule has 0 saturated carbocycles. The molecule has 0 aliphatic heterocycles. The Kier molecular flexibility index (Phi) is 4.59. The van der Waals surface area contributed by atoms with Crippen molar-refractivity contribution < 1.29 is 9.59 Å². The lowest BCUT2D eigenvalue weighted by Crippen LogP contribution is -2.37. The summed E-state index contributed by atoms with van der Waals surface area (Å²) < 4.78 is 0. The molecule has 7 heteroatoms. The van der Waals surface area contributed by atoms with Crippen LogP contribution in [-0.4, -0.2) is 47.6 Å². The van der Waals surface area contributed by atoms with Crippen molar-refractivity contribution in [2.45, 2.75) is 0 Å². The maximum Gasteiger partial charge on any atom is 0.272 e. The van der Waals surface area contributed by atoms with Crippen LogP contribution in [-0.2, 0) is 4.79 Å². The largest absolute Gasteiger partial charge is 0.358 e. The van der Waals surface area contributed by atoms with Crippen LogP contribution in [0.3, 0.4) is 0 Å². The summed E-state index contributed by atoms with van der Waals surface area (Å²) in [4.78, 5) is 24.7. The first kappa shape index (κ1) is 15.1. The molecule has 2 aromatic rings. The summed E-state index contributed by atoms with van der Waals surface area (Å²) in [6.07, 6.45) is 0. The first-order chi connectivity index (χ1) is 10.0. The molecule has 2 rings (SSSR count). The fourth-order valence-electron chi connectivity index (χ4n) is 1.77. The molecule has 6 nitrogen and oxygen atoms in total. The molecule has 0 unspecified atom stereocenters. The van der Waals surface area contributed by atoms with Crippen molar-refractivity contribution in [1.82, 2.24) is 20.4 Å². The first-order valence-electron chi connectivity index (χ1n) is 6.28. The molecule has 0 atom stereocenters. The van der Waals surface area contributed by atoms with Crippen LogP contribution in [0.1, 0.15) is 10.5 Å². The molecule has 1 aromatic carbocycles. The molecule has 0 radical (unpaired) electrons. The molecule has 0 aliphatic rings. The van der Waals surface area contributed by atoms with E-state index in [1.165, 1.54) is 11.9 Å². The highest BCUT2D eigenvalue weighted by Crippen LogP contribution is 2.20. The SMILES string of the molecule is CNC(=O)CN(C)C(=O)c1cc(-c2ccc(Cl)cc2)n[nH]1. The van der Waals surface area contributed by atoms with E-state index in [-0.39, 0.29) is 18.4 Å². The fraction of sp³-hybridized carbons (Fsp3) is 0.214. The molecule has 0 fully saturated rings. The van der Waals surface area contributed by atoms with E-state index in [1.807, 2.05) is 12.1 Å². The van der Waals surface area contributed by atoms with Crippen molar-refractivity contribution in [3.8, 4) is 11.3 Å². The number of aromatic nitrogens is 2. The molecule has 21 heavy (non-hydrogen) atoms. The number of rotatable bonds is 4. The molecule has 2 N–H and O–H groups in total. The smallest absolute Gasteiger partial charge is 0.272 e. The van der Waals surface area contributed by atoms with Gasteiger partial charge in [-0.2, -0.15) is 5.10 Å². The maximum absolute atomic E-state index is 12.1. The van der Waals surface area contributed by atoms with E-state index >= 15 is 0 Å². The molecule has 0 aliphatic carbocycles. The third-order valence-corrected chi connectivity index (χ3v) is 3.21. The molecule has 0 spiro atoms. The number of nitrogens with zero attached hydrogens (tertiary/aromatic N) is 2. The van der Waals surface area contributed by atoms with Gasteiger partial charge >= 0.3 is 0 Å². The van der Waals surface area contributed by atoms with Crippen molar-refractivity contribution in [2.24, 2.45) is 0 Å². The van der Waals surface area contributed by atoms with Gasteiger partial charge in [0.15, 0.2) is 0 Å². The minimum atomic E-state index is -0.300. The van der Waals surface area contributed by atoms with Gasteiger partial charge in [0.25, 0.3) is 5.91 Å². The third-order valence-electron chi connectivity index (χ3n) is 2.95. The minimum absolute atomic E-state index is 0.00929. The number of H-pyrrole nitrogens is 1. The van der Waals surface area contributed by atoms with Crippen molar-refractivity contribution in [2.75, 3.05) is 20.6 Å². The lowest BCUT2D eigenvalue weighted by atomic mass is 10.1. The Balaban J connectivity index is 2.14. The van der Waals surface area contributed by atoms with Crippen LogP contribution in [0, 0.1) is 0 Å². The summed E-state index contributed by atoms with van der Waals surface area (Å²) in [6, 6.07) is 8.80. The van der Waals surface area contributed by atoms with E-state index in [0.29, 0.717) is 16.4 Å². The molecular formula is C14H15ClN4O2. The van der Waals surface area contributed by atoms with E-state index in [2.05, 4.69) is 15.5 Å². The van der Waals surface area contributed by atoms with E-state index in [4.69, 9.17) is 11.6 Å². The molecule has 1 aromatic heterocycles. The highest BCUT2D eigenvalue weighted by atomic mass is 35.5. The average molecular weight is 307 g/mol. The normalized spacial score (nSPS) is 10.2. The second-order valence-corrected chi connectivity index (χ2v) is 4.94. The van der Waals surface area contributed by atoms with Gasteiger partial charge in [-0.05, 0) is 18.2 Å². The first-order valence-corrected chi connectivity index (χ1v) is 6.66. The molecule has 1 heterocycles. The van der Waals surface area contributed by atoms with Crippen LogP contribution < -0.4 is 5.32 Å². The summed E-state index contributed by atoms with van der Waals surface area (Å²) in [6.45, 7) is -0.00929. The van der Waals surface area contributed by atoms with Crippen LogP contribution in [0.25, 0.3) is 11.3 Å². The molecule has 2 amide bonds. The van der Waals surface area contributed by atoms with Crippen molar-refractivity contribution in [3.05, 3.63) is 41.0 Å². The number of hydrogen-bond donors (Lipinski definition) is 2. The van der Waals surface area contributed by atoms with Crippen LogP contribution in [0.5, 0.6) is 0 Å². The van der Waals surface area contributed by atoms with E-state index in [1.54, 1.807) is 25.2 Å². The number of halogens is 1. The predicted molar refractivity (Wildman–Crippen MR) is 80.1 cm³/mol. The quantitative estimate of drug-likeness (QED) is 0.899. The Morgan fingerprint density at radius 3 is 2.62 bits per heavy atom. The topological polar surface area (TPSA) is 78.1 Å². The summed E-state index contributed by atoms with van der Waals surface area (Å²) >= 11 is 5.83. The zero-order chi connectivity index (χ0) is 15.4. The van der Waals surface area contributed by atoms with Crippen molar-refractivity contribution >= 4 is 23.4 Å². The van der Waals surface area contributed by atoms with Crippen molar-refractivity contribution in [1.29, 1.82) is 0 Å². The van der Waals surface area contributed by atoms with Gasteiger partial charge in [0.05, 0.1) is 12.2 Å². The molecule has 110 valence electrons. The van der Waals surface area contributed by atoms with E-state index in [9.17, 15) is 9.59 Å². The third kappa shape index (κ3) is 3.61. The number of carbonyl (C=O) groups excluding carboxylic acids is 2. The highest BCUT2D eigenvalue weighted by molar-refractivity contribution is 6.30. The number of benzene rings is 1. The lowest BCUT2D eigenvalue weighted by Gasteiger charge is -2.14. The van der Waals surface area contributed by atoms with Gasteiger partial charge in [0.2, 0.25) is 5.91 Å². The Hall–Kier alpha value is -2.34. The minimum Gasteiger partial charge on any atom is -0.358 e.